The van der Waals surface area contributed by atoms with Crippen LogP contribution < -0.4 is 10.6 Å². The smallest absolute Gasteiger partial charge is 0.238 e. The van der Waals surface area contributed by atoms with E-state index in [-0.39, 0.29) is 17.7 Å². The summed E-state index contributed by atoms with van der Waals surface area (Å²) in [5, 5.41) is 8.17. The largest absolute Gasteiger partial charge is 0.356 e. The summed E-state index contributed by atoms with van der Waals surface area (Å²) in [7, 11) is 0. The van der Waals surface area contributed by atoms with E-state index in [1.54, 1.807) is 0 Å². The maximum Gasteiger partial charge on any atom is 0.238 e. The van der Waals surface area contributed by atoms with Gasteiger partial charge < -0.3 is 10.6 Å². The first-order valence-corrected chi connectivity index (χ1v) is 9.45. The number of benzene rings is 2. The zero-order valence-electron chi connectivity index (χ0n) is 15.3. The second kappa shape index (κ2) is 8.81. The third-order valence-electron chi connectivity index (χ3n) is 4.94. The molecule has 2 aromatic rings. The molecule has 2 amide bonds. The molecule has 2 N–H and O–H groups in total. The van der Waals surface area contributed by atoms with Crippen LogP contribution in [-0.4, -0.2) is 42.9 Å². The lowest BCUT2D eigenvalue weighted by atomic mass is 9.96. The number of anilines is 1. The molecular formula is C21H27N3O2. The van der Waals surface area contributed by atoms with Gasteiger partial charge in [0.1, 0.15) is 0 Å². The van der Waals surface area contributed by atoms with E-state index in [1.807, 2.05) is 42.5 Å². The van der Waals surface area contributed by atoms with E-state index in [4.69, 9.17) is 0 Å². The maximum absolute atomic E-state index is 12.4. The molecule has 2 aromatic carbocycles. The third kappa shape index (κ3) is 4.61. The fraction of sp³-hybridized carbons (Fsp3) is 0.429. The first kappa shape index (κ1) is 18.4. The minimum atomic E-state index is -0.00441. The van der Waals surface area contributed by atoms with Gasteiger partial charge in [-0.2, -0.15) is 0 Å². The Morgan fingerprint density at radius 2 is 1.81 bits per heavy atom. The molecule has 26 heavy (non-hydrogen) atoms. The molecule has 3 rings (SSSR count). The number of nitrogens with one attached hydrogen (secondary N) is 2. The number of hydrogen-bond donors (Lipinski definition) is 2. The van der Waals surface area contributed by atoms with Crippen LogP contribution in [0.15, 0.2) is 42.5 Å². The molecule has 138 valence electrons. The van der Waals surface area contributed by atoms with Gasteiger partial charge in [-0.15, -0.1) is 0 Å². The quantitative estimate of drug-likeness (QED) is 0.839. The van der Waals surface area contributed by atoms with Crippen LogP contribution in [0.1, 0.15) is 26.2 Å². The highest BCUT2D eigenvalue weighted by Crippen LogP contribution is 2.23. The standard InChI is InChI=1S/C21H27N3O2/c1-2-12-22-21(26)17-10-13-24(14-11-17)15-20(25)23-19-9-5-7-16-6-3-4-8-18(16)19/h3-9,17H,2,10-15H2,1H3,(H,22,26)(H,23,25). The van der Waals surface area contributed by atoms with Crippen LogP contribution in [0.2, 0.25) is 0 Å². The first-order chi connectivity index (χ1) is 12.7. The average molecular weight is 353 g/mol. The molecule has 5 nitrogen and oxygen atoms in total. The van der Waals surface area contributed by atoms with Crippen LogP contribution in [0.25, 0.3) is 10.8 Å². The number of piperidine rings is 1. The number of hydrogen-bond acceptors (Lipinski definition) is 3. The molecule has 1 aliphatic heterocycles. The van der Waals surface area contributed by atoms with Gasteiger partial charge in [-0.25, -0.2) is 0 Å². The van der Waals surface area contributed by atoms with Gasteiger partial charge in [-0.05, 0) is 43.8 Å². The Hall–Kier alpha value is -2.40. The molecule has 1 heterocycles. The number of rotatable bonds is 6. The zero-order valence-corrected chi connectivity index (χ0v) is 15.3. The predicted octanol–water partition coefficient (Wildman–Crippen LogP) is 3.02. The van der Waals surface area contributed by atoms with Gasteiger partial charge >= 0.3 is 0 Å². The van der Waals surface area contributed by atoms with E-state index in [1.165, 1.54) is 0 Å². The summed E-state index contributed by atoms with van der Waals surface area (Å²) in [6.45, 7) is 4.73. The fourth-order valence-corrected chi connectivity index (χ4v) is 3.47. The summed E-state index contributed by atoms with van der Waals surface area (Å²) >= 11 is 0. The van der Waals surface area contributed by atoms with Crippen LogP contribution in [-0.2, 0) is 9.59 Å². The van der Waals surface area contributed by atoms with Gasteiger partial charge in [0.2, 0.25) is 11.8 Å². The lowest BCUT2D eigenvalue weighted by Crippen LogP contribution is -2.43. The van der Waals surface area contributed by atoms with Crippen molar-refractivity contribution in [2.24, 2.45) is 5.92 Å². The van der Waals surface area contributed by atoms with Gasteiger partial charge in [-0.3, -0.25) is 14.5 Å². The van der Waals surface area contributed by atoms with E-state index < -0.39 is 0 Å². The second-order valence-corrected chi connectivity index (χ2v) is 6.92. The van der Waals surface area contributed by atoms with Crippen molar-refractivity contribution in [2.45, 2.75) is 26.2 Å². The summed E-state index contributed by atoms with van der Waals surface area (Å²) in [5.74, 6) is 0.237. The van der Waals surface area contributed by atoms with Crippen molar-refractivity contribution in [2.75, 3.05) is 31.5 Å². The molecule has 1 fully saturated rings. The number of amides is 2. The molecule has 0 unspecified atom stereocenters. The van der Waals surface area contributed by atoms with Crippen LogP contribution in [0.4, 0.5) is 5.69 Å². The van der Waals surface area contributed by atoms with Crippen molar-refractivity contribution in [3.05, 3.63) is 42.5 Å². The lowest BCUT2D eigenvalue weighted by molar-refractivity contribution is -0.126. The Labute approximate surface area is 154 Å². The van der Waals surface area contributed by atoms with Gasteiger partial charge in [-0.1, -0.05) is 43.3 Å². The third-order valence-corrected chi connectivity index (χ3v) is 4.94. The van der Waals surface area contributed by atoms with Crippen LogP contribution in [0.5, 0.6) is 0 Å². The van der Waals surface area contributed by atoms with E-state index in [0.717, 1.165) is 55.4 Å². The normalized spacial score (nSPS) is 15.7. The molecule has 0 atom stereocenters. The van der Waals surface area contributed by atoms with Crippen LogP contribution in [0, 0.1) is 5.92 Å². The molecule has 5 heteroatoms. The van der Waals surface area contributed by atoms with Crippen molar-refractivity contribution in [1.82, 2.24) is 10.2 Å². The maximum atomic E-state index is 12.4. The van der Waals surface area contributed by atoms with Crippen LogP contribution in [0.3, 0.4) is 0 Å². The highest BCUT2D eigenvalue weighted by atomic mass is 16.2. The van der Waals surface area contributed by atoms with Crippen molar-refractivity contribution in [3.63, 3.8) is 0 Å². The van der Waals surface area contributed by atoms with Crippen molar-refractivity contribution < 1.29 is 9.59 Å². The van der Waals surface area contributed by atoms with Crippen LogP contribution >= 0.6 is 0 Å². The first-order valence-electron chi connectivity index (χ1n) is 9.45. The van der Waals surface area contributed by atoms with Crippen molar-refractivity contribution >= 4 is 28.3 Å². The summed E-state index contributed by atoms with van der Waals surface area (Å²) in [4.78, 5) is 26.6. The molecule has 0 radical (unpaired) electrons. The highest BCUT2D eigenvalue weighted by Gasteiger charge is 2.25. The summed E-state index contributed by atoms with van der Waals surface area (Å²) < 4.78 is 0. The van der Waals surface area contributed by atoms with Gasteiger partial charge in [0, 0.05) is 23.5 Å². The Balaban J connectivity index is 1.51. The number of fused-ring (bicyclic) bond motifs is 1. The highest BCUT2D eigenvalue weighted by molar-refractivity contribution is 6.02. The molecule has 0 aliphatic carbocycles. The number of likely N-dealkylation sites (tertiary alicyclic amines) is 1. The number of nitrogens with zero attached hydrogens (tertiary/aromatic N) is 1. The second-order valence-electron chi connectivity index (χ2n) is 6.92. The van der Waals surface area contributed by atoms with E-state index in [2.05, 4.69) is 22.5 Å². The molecule has 0 bridgehead atoms. The minimum absolute atomic E-state index is 0.00441. The minimum Gasteiger partial charge on any atom is -0.356 e. The number of carbonyl (C=O) groups is 2. The Bertz CT molecular complexity index is 761. The van der Waals surface area contributed by atoms with E-state index in [0.29, 0.717) is 6.54 Å². The van der Waals surface area contributed by atoms with Gasteiger partial charge in [0.15, 0.2) is 0 Å². The summed E-state index contributed by atoms with van der Waals surface area (Å²) in [6.07, 6.45) is 2.59. The molecule has 1 saturated heterocycles. The van der Waals surface area contributed by atoms with E-state index >= 15 is 0 Å². The lowest BCUT2D eigenvalue weighted by Gasteiger charge is -2.30. The summed E-state index contributed by atoms with van der Waals surface area (Å²) in [5.41, 5.74) is 0.849. The SMILES string of the molecule is CCCNC(=O)C1CCN(CC(=O)Nc2cccc3ccccc23)CC1. The predicted molar refractivity (Wildman–Crippen MR) is 105 cm³/mol. The fourth-order valence-electron chi connectivity index (χ4n) is 3.47. The molecule has 1 aliphatic rings. The monoisotopic (exact) mass is 353 g/mol. The van der Waals surface area contributed by atoms with E-state index in [9.17, 15) is 9.59 Å². The van der Waals surface area contributed by atoms with Gasteiger partial charge in [0.25, 0.3) is 0 Å². The van der Waals surface area contributed by atoms with Crippen molar-refractivity contribution in [1.29, 1.82) is 0 Å². The Morgan fingerprint density at radius 1 is 1.08 bits per heavy atom. The molecule has 0 spiro atoms. The van der Waals surface area contributed by atoms with Gasteiger partial charge in [0.05, 0.1) is 6.54 Å². The number of carbonyl (C=O) groups excluding carboxylic acids is 2. The molecule has 0 saturated carbocycles. The Morgan fingerprint density at radius 3 is 2.58 bits per heavy atom. The zero-order chi connectivity index (χ0) is 18.4. The molecular weight excluding hydrogens is 326 g/mol. The van der Waals surface area contributed by atoms with Crippen molar-refractivity contribution in [3.8, 4) is 0 Å². The summed E-state index contributed by atoms with van der Waals surface area (Å²) in [6, 6.07) is 14.0. The topological polar surface area (TPSA) is 61.4 Å². The molecule has 0 aromatic heterocycles. The average Bonchev–Trinajstić information content (AvgIpc) is 2.67. The Kier molecular flexibility index (Phi) is 6.23.